The average molecular weight is 272 g/mol. The predicted octanol–water partition coefficient (Wildman–Crippen LogP) is 1.91. The summed E-state index contributed by atoms with van der Waals surface area (Å²) in [7, 11) is 0. The highest BCUT2D eigenvalue weighted by atomic mass is 32.1. The molecule has 0 aliphatic rings. The van der Waals surface area contributed by atoms with Crippen LogP contribution >= 0.6 is 11.3 Å². The first kappa shape index (κ1) is 12.9. The molecule has 0 radical (unpaired) electrons. The number of nitrogens with two attached hydrogens (primary N) is 2. The number of nitriles is 1. The van der Waals surface area contributed by atoms with E-state index < -0.39 is 5.91 Å². The fourth-order valence-electron chi connectivity index (χ4n) is 1.67. The van der Waals surface area contributed by atoms with Gasteiger partial charge in [-0.15, -0.1) is 11.3 Å². The Morgan fingerprint density at radius 2 is 2.05 bits per heavy atom. The van der Waals surface area contributed by atoms with Gasteiger partial charge in [-0.25, -0.2) is 0 Å². The van der Waals surface area contributed by atoms with Gasteiger partial charge in [0, 0.05) is 6.54 Å². The van der Waals surface area contributed by atoms with Crippen molar-refractivity contribution in [2.24, 2.45) is 5.73 Å². The second kappa shape index (κ2) is 5.42. The molecule has 5 nitrogen and oxygen atoms in total. The van der Waals surface area contributed by atoms with Gasteiger partial charge in [-0.1, -0.05) is 30.3 Å². The van der Waals surface area contributed by atoms with Crippen molar-refractivity contribution >= 4 is 27.9 Å². The van der Waals surface area contributed by atoms with Crippen molar-refractivity contribution in [1.82, 2.24) is 0 Å². The van der Waals surface area contributed by atoms with Crippen LogP contribution in [0.15, 0.2) is 30.3 Å². The van der Waals surface area contributed by atoms with E-state index in [1.165, 1.54) is 0 Å². The van der Waals surface area contributed by atoms with Crippen molar-refractivity contribution in [3.63, 3.8) is 0 Å². The van der Waals surface area contributed by atoms with E-state index in [4.69, 9.17) is 16.7 Å². The summed E-state index contributed by atoms with van der Waals surface area (Å²) >= 11 is 1.14. The van der Waals surface area contributed by atoms with Crippen LogP contribution in [0.2, 0.25) is 0 Å². The third-order valence-corrected chi connectivity index (χ3v) is 3.66. The molecule has 0 aliphatic carbocycles. The van der Waals surface area contributed by atoms with Crippen molar-refractivity contribution in [1.29, 1.82) is 5.26 Å². The third-order valence-electron chi connectivity index (χ3n) is 2.59. The molecular weight excluding hydrogens is 260 g/mol. The van der Waals surface area contributed by atoms with Crippen LogP contribution in [0.25, 0.3) is 0 Å². The van der Waals surface area contributed by atoms with Gasteiger partial charge in [0.2, 0.25) is 0 Å². The number of amides is 1. The maximum absolute atomic E-state index is 11.4. The number of nitrogen functional groups attached to an aromatic ring is 1. The number of carbonyl (C=O) groups excluding carboxylic acids is 1. The maximum Gasteiger partial charge on any atom is 0.253 e. The molecule has 1 aromatic heterocycles. The minimum atomic E-state index is -0.634. The zero-order chi connectivity index (χ0) is 13.8. The highest BCUT2D eigenvalue weighted by Gasteiger charge is 2.19. The van der Waals surface area contributed by atoms with Crippen LogP contribution < -0.4 is 16.8 Å². The molecule has 0 bridgehead atoms. The van der Waals surface area contributed by atoms with E-state index in [9.17, 15) is 4.79 Å². The van der Waals surface area contributed by atoms with Crippen LogP contribution in [0.5, 0.6) is 0 Å². The second-order valence-electron chi connectivity index (χ2n) is 3.86. The lowest BCUT2D eigenvalue weighted by atomic mass is 10.2. The Balaban J connectivity index is 2.26. The number of hydrogen-bond donors (Lipinski definition) is 3. The first-order chi connectivity index (χ1) is 9.13. The molecule has 1 aromatic carbocycles. The smallest absolute Gasteiger partial charge is 0.253 e. The molecule has 2 rings (SSSR count). The fraction of sp³-hybridized carbons (Fsp3) is 0.0769. The van der Waals surface area contributed by atoms with Crippen LogP contribution in [0, 0.1) is 11.3 Å². The molecule has 6 heteroatoms. The number of rotatable bonds is 4. The molecule has 0 aliphatic heterocycles. The normalized spacial score (nSPS) is 9.84. The topological polar surface area (TPSA) is 105 Å². The summed E-state index contributed by atoms with van der Waals surface area (Å²) in [4.78, 5) is 11.7. The van der Waals surface area contributed by atoms with Crippen LogP contribution in [-0.2, 0) is 6.54 Å². The average Bonchev–Trinajstić information content (AvgIpc) is 2.74. The van der Waals surface area contributed by atoms with Crippen molar-refractivity contribution in [2.75, 3.05) is 11.1 Å². The van der Waals surface area contributed by atoms with E-state index in [2.05, 4.69) is 5.32 Å². The highest BCUT2D eigenvalue weighted by molar-refractivity contribution is 7.17. The molecule has 1 amide bonds. The summed E-state index contributed by atoms with van der Waals surface area (Å²) in [6, 6.07) is 11.6. The van der Waals surface area contributed by atoms with Crippen LogP contribution in [0.4, 0.5) is 10.7 Å². The number of nitrogens with one attached hydrogen (secondary N) is 1. The number of thiophene rings is 1. The van der Waals surface area contributed by atoms with Crippen molar-refractivity contribution in [3.8, 4) is 6.07 Å². The zero-order valence-corrected chi connectivity index (χ0v) is 10.8. The molecule has 0 spiro atoms. The molecule has 19 heavy (non-hydrogen) atoms. The van der Waals surface area contributed by atoms with Gasteiger partial charge in [0.1, 0.15) is 15.9 Å². The Bertz CT molecular complexity index is 643. The Labute approximate surface area is 114 Å². The van der Waals surface area contributed by atoms with Gasteiger partial charge >= 0.3 is 0 Å². The second-order valence-corrected chi connectivity index (χ2v) is 4.88. The summed E-state index contributed by atoms with van der Waals surface area (Å²) in [5.41, 5.74) is 12.4. The van der Waals surface area contributed by atoms with Gasteiger partial charge < -0.3 is 16.8 Å². The lowest BCUT2D eigenvalue weighted by Crippen LogP contribution is -2.14. The SMILES string of the molecule is N#Cc1sc(NCc2ccccc2)c(C(N)=O)c1N. The number of anilines is 2. The van der Waals surface area contributed by atoms with Crippen LogP contribution in [0.3, 0.4) is 0 Å². The molecular formula is C13H12N4OS. The molecule has 0 unspecified atom stereocenters. The van der Waals surface area contributed by atoms with Crippen molar-refractivity contribution < 1.29 is 4.79 Å². The number of primary amides is 1. The third kappa shape index (κ3) is 2.67. The van der Waals surface area contributed by atoms with E-state index in [0.29, 0.717) is 16.4 Å². The number of carbonyl (C=O) groups is 1. The quantitative estimate of drug-likeness (QED) is 0.790. The molecule has 0 saturated heterocycles. The summed E-state index contributed by atoms with van der Waals surface area (Å²) in [6.07, 6.45) is 0. The summed E-state index contributed by atoms with van der Waals surface area (Å²) in [5, 5.41) is 12.5. The van der Waals surface area contributed by atoms with E-state index in [1.54, 1.807) is 0 Å². The van der Waals surface area contributed by atoms with Gasteiger partial charge in [0.15, 0.2) is 0 Å². The summed E-state index contributed by atoms with van der Waals surface area (Å²) in [6.45, 7) is 0.534. The lowest BCUT2D eigenvalue weighted by molar-refractivity contribution is 0.100. The maximum atomic E-state index is 11.4. The van der Waals surface area contributed by atoms with E-state index in [1.807, 2.05) is 36.4 Å². The van der Waals surface area contributed by atoms with Crippen LogP contribution in [-0.4, -0.2) is 5.91 Å². The molecule has 96 valence electrons. The van der Waals surface area contributed by atoms with Crippen molar-refractivity contribution in [2.45, 2.75) is 6.54 Å². The van der Waals surface area contributed by atoms with E-state index in [0.717, 1.165) is 16.9 Å². The molecule has 2 aromatic rings. The monoisotopic (exact) mass is 272 g/mol. The zero-order valence-electron chi connectivity index (χ0n) is 10.0. The number of hydrogen-bond acceptors (Lipinski definition) is 5. The molecule has 0 atom stereocenters. The minimum Gasteiger partial charge on any atom is -0.396 e. The molecule has 1 heterocycles. The first-order valence-electron chi connectivity index (χ1n) is 5.53. The fourth-order valence-corrected chi connectivity index (χ4v) is 2.59. The van der Waals surface area contributed by atoms with Gasteiger partial charge in [0.05, 0.1) is 11.3 Å². The van der Waals surface area contributed by atoms with E-state index >= 15 is 0 Å². The van der Waals surface area contributed by atoms with E-state index in [-0.39, 0.29) is 11.3 Å². The minimum absolute atomic E-state index is 0.149. The Kier molecular flexibility index (Phi) is 3.68. The molecule has 0 fully saturated rings. The summed E-state index contributed by atoms with van der Waals surface area (Å²) in [5.74, 6) is -0.634. The lowest BCUT2D eigenvalue weighted by Gasteiger charge is -2.05. The molecule has 5 N–H and O–H groups in total. The Hall–Kier alpha value is -2.52. The Morgan fingerprint density at radius 3 is 2.63 bits per heavy atom. The largest absolute Gasteiger partial charge is 0.396 e. The van der Waals surface area contributed by atoms with Crippen molar-refractivity contribution in [3.05, 3.63) is 46.3 Å². The summed E-state index contributed by atoms with van der Waals surface area (Å²) < 4.78 is 0. The highest BCUT2D eigenvalue weighted by Crippen LogP contribution is 2.35. The van der Waals surface area contributed by atoms with Gasteiger partial charge in [0.25, 0.3) is 5.91 Å². The molecule has 0 saturated carbocycles. The van der Waals surface area contributed by atoms with Gasteiger partial charge in [-0.3, -0.25) is 4.79 Å². The Morgan fingerprint density at radius 1 is 1.37 bits per heavy atom. The number of nitrogens with zero attached hydrogens (tertiary/aromatic N) is 1. The standard InChI is InChI=1S/C13H12N4OS/c14-6-9-11(15)10(12(16)18)13(19-9)17-7-8-4-2-1-3-5-8/h1-5,17H,7,15H2,(H2,16,18). The predicted molar refractivity (Wildman–Crippen MR) is 75.7 cm³/mol. The first-order valence-corrected chi connectivity index (χ1v) is 6.35. The van der Waals surface area contributed by atoms with Gasteiger partial charge in [-0.2, -0.15) is 5.26 Å². The number of benzene rings is 1. The van der Waals surface area contributed by atoms with Crippen LogP contribution in [0.1, 0.15) is 20.8 Å². The van der Waals surface area contributed by atoms with Gasteiger partial charge in [-0.05, 0) is 5.56 Å².